The topological polar surface area (TPSA) is 37.4 Å². The van der Waals surface area contributed by atoms with Crippen LogP contribution in [0, 0.1) is 0 Å². The van der Waals surface area contributed by atoms with Crippen LogP contribution in [0.1, 0.15) is 36.5 Å². The van der Waals surface area contributed by atoms with Gasteiger partial charge in [0.2, 0.25) is 0 Å². The van der Waals surface area contributed by atoms with Crippen molar-refractivity contribution in [3.8, 4) is 0 Å². The molecule has 0 saturated carbocycles. The molecule has 18 heavy (non-hydrogen) atoms. The van der Waals surface area contributed by atoms with Gasteiger partial charge in [0.15, 0.2) is 5.12 Å². The summed E-state index contributed by atoms with van der Waals surface area (Å²) >= 11 is 1.17. The molecule has 1 fully saturated rings. The smallest absolute Gasteiger partial charge is 0.255 e. The van der Waals surface area contributed by atoms with Crippen LogP contribution >= 0.6 is 11.8 Å². The number of hydrogen-bond donors (Lipinski definition) is 0. The number of hydrogen-bond acceptors (Lipinski definition) is 3. The summed E-state index contributed by atoms with van der Waals surface area (Å²) in [4.78, 5) is 26.5. The molecule has 0 unspecified atom stereocenters. The fraction of sp³-hybridized carbons (Fsp3) is 0.429. The summed E-state index contributed by atoms with van der Waals surface area (Å²) in [6.45, 7) is 3.50. The fourth-order valence-electron chi connectivity index (χ4n) is 2.02. The highest BCUT2D eigenvalue weighted by molar-refractivity contribution is 8.13. The SMILES string of the molecule is CCC(=O)Sc1ccccc1C(=O)N1CCCC1. The molecule has 0 bridgehead atoms. The number of likely N-dealkylation sites (tertiary alicyclic amines) is 1. The lowest BCUT2D eigenvalue weighted by atomic mass is 10.2. The van der Waals surface area contributed by atoms with Gasteiger partial charge in [-0.1, -0.05) is 30.8 Å². The van der Waals surface area contributed by atoms with E-state index in [1.165, 1.54) is 11.8 Å². The lowest BCUT2D eigenvalue weighted by molar-refractivity contribution is -0.110. The Labute approximate surface area is 112 Å². The van der Waals surface area contributed by atoms with Gasteiger partial charge in [-0.25, -0.2) is 0 Å². The van der Waals surface area contributed by atoms with E-state index in [4.69, 9.17) is 0 Å². The van der Waals surface area contributed by atoms with Gasteiger partial charge in [0, 0.05) is 24.4 Å². The number of nitrogens with zero attached hydrogens (tertiary/aromatic N) is 1. The Bertz CT molecular complexity index is 453. The number of thioether (sulfide) groups is 1. The van der Waals surface area contributed by atoms with Gasteiger partial charge >= 0.3 is 0 Å². The van der Waals surface area contributed by atoms with Crippen molar-refractivity contribution in [2.24, 2.45) is 0 Å². The highest BCUT2D eigenvalue weighted by Gasteiger charge is 2.22. The maximum Gasteiger partial charge on any atom is 0.255 e. The van der Waals surface area contributed by atoms with Crippen LogP contribution in [0.4, 0.5) is 0 Å². The van der Waals surface area contributed by atoms with Gasteiger partial charge in [-0.3, -0.25) is 9.59 Å². The average Bonchev–Trinajstić information content (AvgIpc) is 2.92. The third-order valence-corrected chi connectivity index (χ3v) is 4.12. The molecule has 0 radical (unpaired) electrons. The molecule has 1 aliphatic rings. The first-order valence-corrected chi connectivity index (χ1v) is 7.13. The van der Waals surface area contributed by atoms with Crippen LogP contribution in [-0.4, -0.2) is 29.0 Å². The van der Waals surface area contributed by atoms with Gasteiger partial charge in [0.25, 0.3) is 5.91 Å². The maximum atomic E-state index is 12.3. The van der Waals surface area contributed by atoms with Crippen LogP contribution < -0.4 is 0 Å². The molecule has 4 heteroatoms. The van der Waals surface area contributed by atoms with E-state index in [9.17, 15) is 9.59 Å². The van der Waals surface area contributed by atoms with Gasteiger partial charge in [0.05, 0.1) is 5.56 Å². The fourth-order valence-corrected chi connectivity index (χ4v) is 2.82. The first-order valence-electron chi connectivity index (χ1n) is 6.31. The molecule has 1 aromatic rings. The first-order chi connectivity index (χ1) is 8.72. The standard InChI is InChI=1S/C14H17NO2S/c1-2-13(16)18-12-8-4-3-7-11(12)14(17)15-9-5-6-10-15/h3-4,7-8H,2,5-6,9-10H2,1H3. The summed E-state index contributed by atoms with van der Waals surface area (Å²) in [5.41, 5.74) is 0.659. The number of carbonyl (C=O) groups excluding carboxylic acids is 2. The predicted molar refractivity (Wildman–Crippen MR) is 72.7 cm³/mol. The average molecular weight is 263 g/mol. The van der Waals surface area contributed by atoms with Crippen molar-refractivity contribution >= 4 is 22.8 Å². The number of amides is 1. The van der Waals surface area contributed by atoms with Gasteiger partial charge < -0.3 is 4.90 Å². The second-order valence-corrected chi connectivity index (χ2v) is 5.42. The number of carbonyl (C=O) groups is 2. The first kappa shape index (κ1) is 13.1. The Hall–Kier alpha value is -1.29. The van der Waals surface area contributed by atoms with Crippen molar-refractivity contribution in [2.75, 3.05) is 13.1 Å². The van der Waals surface area contributed by atoms with Crippen molar-refractivity contribution in [2.45, 2.75) is 31.1 Å². The van der Waals surface area contributed by atoms with Crippen LogP contribution in [0.3, 0.4) is 0 Å². The minimum atomic E-state index is 0.0551. The molecule has 1 saturated heterocycles. The summed E-state index contributed by atoms with van der Waals surface area (Å²) in [5, 5.41) is 0.0941. The summed E-state index contributed by atoms with van der Waals surface area (Å²) in [6, 6.07) is 7.38. The molecule has 1 amide bonds. The largest absolute Gasteiger partial charge is 0.339 e. The van der Waals surface area contributed by atoms with Gasteiger partial charge in [-0.05, 0) is 25.0 Å². The molecule has 0 aromatic heterocycles. The van der Waals surface area contributed by atoms with Crippen LogP contribution in [0.2, 0.25) is 0 Å². The highest BCUT2D eigenvalue weighted by atomic mass is 32.2. The molecule has 0 N–H and O–H groups in total. The zero-order chi connectivity index (χ0) is 13.0. The Morgan fingerprint density at radius 2 is 1.89 bits per heavy atom. The lowest BCUT2D eigenvalue weighted by Gasteiger charge is -2.17. The molecular formula is C14H17NO2S. The van der Waals surface area contributed by atoms with E-state index in [2.05, 4.69) is 0 Å². The molecular weight excluding hydrogens is 246 g/mol. The van der Waals surface area contributed by atoms with Crippen LogP contribution in [0.5, 0.6) is 0 Å². The number of rotatable bonds is 3. The molecule has 0 aliphatic carbocycles. The van der Waals surface area contributed by atoms with Crippen LogP contribution in [0.15, 0.2) is 29.2 Å². The van der Waals surface area contributed by atoms with E-state index in [-0.39, 0.29) is 11.0 Å². The summed E-state index contributed by atoms with van der Waals surface area (Å²) in [6.07, 6.45) is 2.64. The molecule has 1 aliphatic heterocycles. The molecule has 3 nitrogen and oxygen atoms in total. The Kier molecular flexibility index (Phi) is 4.42. The van der Waals surface area contributed by atoms with E-state index in [1.54, 1.807) is 0 Å². The van der Waals surface area contributed by atoms with E-state index in [0.717, 1.165) is 30.8 Å². The van der Waals surface area contributed by atoms with E-state index in [1.807, 2.05) is 36.1 Å². The van der Waals surface area contributed by atoms with Crippen molar-refractivity contribution in [3.05, 3.63) is 29.8 Å². The molecule has 0 atom stereocenters. The minimum Gasteiger partial charge on any atom is -0.339 e. The molecule has 1 heterocycles. The van der Waals surface area contributed by atoms with Crippen molar-refractivity contribution in [1.82, 2.24) is 4.90 Å². The molecule has 0 spiro atoms. The van der Waals surface area contributed by atoms with Crippen molar-refractivity contribution < 1.29 is 9.59 Å². The van der Waals surface area contributed by atoms with E-state index in [0.29, 0.717) is 12.0 Å². The Morgan fingerprint density at radius 1 is 1.22 bits per heavy atom. The quantitative estimate of drug-likeness (QED) is 0.787. The van der Waals surface area contributed by atoms with Crippen LogP contribution in [-0.2, 0) is 4.79 Å². The molecule has 2 rings (SSSR count). The second-order valence-electron chi connectivity index (χ2n) is 4.32. The normalized spacial score (nSPS) is 14.8. The minimum absolute atomic E-state index is 0.0551. The monoisotopic (exact) mass is 263 g/mol. The zero-order valence-corrected chi connectivity index (χ0v) is 11.3. The van der Waals surface area contributed by atoms with Crippen molar-refractivity contribution in [3.63, 3.8) is 0 Å². The molecule has 96 valence electrons. The summed E-state index contributed by atoms with van der Waals surface area (Å²) in [5.74, 6) is 0.0551. The lowest BCUT2D eigenvalue weighted by Crippen LogP contribution is -2.28. The highest BCUT2D eigenvalue weighted by Crippen LogP contribution is 2.26. The number of benzene rings is 1. The third-order valence-electron chi connectivity index (χ3n) is 3.02. The van der Waals surface area contributed by atoms with Gasteiger partial charge in [-0.15, -0.1) is 0 Å². The second kappa shape index (κ2) is 6.05. The zero-order valence-electron chi connectivity index (χ0n) is 10.5. The van der Waals surface area contributed by atoms with Crippen molar-refractivity contribution in [1.29, 1.82) is 0 Å². The Morgan fingerprint density at radius 3 is 2.56 bits per heavy atom. The van der Waals surface area contributed by atoms with Gasteiger partial charge in [0.1, 0.15) is 0 Å². The van der Waals surface area contributed by atoms with Gasteiger partial charge in [-0.2, -0.15) is 0 Å². The summed E-state index contributed by atoms with van der Waals surface area (Å²) in [7, 11) is 0. The molecule has 1 aromatic carbocycles. The maximum absolute atomic E-state index is 12.3. The summed E-state index contributed by atoms with van der Waals surface area (Å²) < 4.78 is 0. The van der Waals surface area contributed by atoms with Crippen LogP contribution in [0.25, 0.3) is 0 Å². The predicted octanol–water partition coefficient (Wildman–Crippen LogP) is 2.95. The van der Waals surface area contributed by atoms with E-state index >= 15 is 0 Å². The van der Waals surface area contributed by atoms with E-state index < -0.39 is 0 Å². The Balaban J connectivity index is 2.20. The third kappa shape index (κ3) is 2.93.